The molecule has 0 saturated carbocycles. The molecular formula is C63H96Cl3N3O12. The average Bonchev–Trinajstić information content (AvgIpc) is 3.41. The number of para-hydroxylation sites is 3. The number of carboxylic acid groups (broad SMARTS) is 1. The fourth-order valence-electron chi connectivity index (χ4n) is 9.51. The first-order valence-electron chi connectivity index (χ1n) is 28.8. The van der Waals surface area contributed by atoms with Gasteiger partial charge in [0.1, 0.15) is 23.1 Å². The topological polar surface area (TPSA) is 179 Å². The molecule has 0 spiro atoms. The molecule has 0 amide bonds. The number of carbonyl (C=O) groups excluding carboxylic acids is 5. The Bertz CT molecular complexity index is 2190. The zero-order valence-electron chi connectivity index (χ0n) is 50.5. The van der Waals surface area contributed by atoms with Crippen LogP contribution in [-0.4, -0.2) is 134 Å². The van der Waals surface area contributed by atoms with Crippen LogP contribution in [0.5, 0.6) is 17.2 Å². The Morgan fingerprint density at radius 1 is 0.395 bits per heavy atom. The highest BCUT2D eigenvalue weighted by Crippen LogP contribution is 2.37. The van der Waals surface area contributed by atoms with Crippen molar-refractivity contribution in [2.24, 2.45) is 0 Å². The van der Waals surface area contributed by atoms with E-state index in [4.69, 9.17) is 40.4 Å². The van der Waals surface area contributed by atoms with Gasteiger partial charge in [0, 0.05) is 0 Å². The zero-order chi connectivity index (χ0) is 58.6. The van der Waals surface area contributed by atoms with Crippen molar-refractivity contribution < 1.29 is 57.6 Å². The molecule has 81 heavy (non-hydrogen) atoms. The lowest BCUT2D eigenvalue weighted by molar-refractivity contribution is -0.154. The summed E-state index contributed by atoms with van der Waals surface area (Å²) in [6, 6.07) is 17.9. The molecule has 456 valence electrons. The van der Waals surface area contributed by atoms with E-state index in [1.165, 1.54) is 19.3 Å². The van der Waals surface area contributed by atoms with Crippen LogP contribution in [0.2, 0.25) is 0 Å². The molecule has 3 saturated heterocycles. The van der Waals surface area contributed by atoms with Gasteiger partial charge >= 0.3 is 35.8 Å². The molecule has 1 N–H and O–H groups in total. The second kappa shape index (κ2) is 39.7. The van der Waals surface area contributed by atoms with Gasteiger partial charge in [-0.1, -0.05) is 157 Å². The number of hydrogen-bond acceptors (Lipinski definition) is 14. The van der Waals surface area contributed by atoms with Crippen LogP contribution >= 0.6 is 36.4 Å². The van der Waals surface area contributed by atoms with E-state index in [2.05, 4.69) is 92.9 Å². The number of nitrogens with zero attached hydrogens (tertiary/aromatic N) is 3. The predicted molar refractivity (Wildman–Crippen MR) is 326 cm³/mol. The van der Waals surface area contributed by atoms with Gasteiger partial charge in [-0.05, 0) is 147 Å². The summed E-state index contributed by atoms with van der Waals surface area (Å²) in [5.74, 6) is 0.417. The largest absolute Gasteiger partial charge is 0.480 e. The number of hydrogen-bond donors (Lipinski definition) is 1. The van der Waals surface area contributed by atoms with Gasteiger partial charge in [0.15, 0.2) is 13.2 Å². The first-order valence-corrected chi connectivity index (χ1v) is 29.3. The Kier molecular flexibility index (Phi) is 36.4. The molecule has 15 nitrogen and oxygen atoms in total. The molecule has 3 aliphatic rings. The van der Waals surface area contributed by atoms with Gasteiger partial charge in [0.25, 0.3) is 0 Å². The summed E-state index contributed by atoms with van der Waals surface area (Å²) in [5, 5.41) is 8.42. The summed E-state index contributed by atoms with van der Waals surface area (Å²) in [6.45, 7) is 30.4. The standard InChI is InChI=1S/2C21H31NO4.C14H19ClO2.C7H13NO2.2ClH/c2*1-15(2)17-9-8-10-18(16(3)4)21(17)26-20(24)14-25-19(23)13-22-11-6-5-7-12-22;1-9(2)11-6-5-7-12(10(3)4)14(11)17-13(16)8-15;9-7(10)6-8-4-2-1-3-5-8;;/h2*8-10,15-16H,5-7,11-14H2,1-4H3;5-7,9-10H,8H2,1-4H3;1-6H2,(H,9,10);2*1H. The maximum Gasteiger partial charge on any atom is 0.349 e. The molecule has 0 radical (unpaired) electrons. The van der Waals surface area contributed by atoms with Crippen LogP contribution in [0.15, 0.2) is 54.6 Å². The number of aliphatic carboxylic acids is 1. The molecule has 3 aliphatic heterocycles. The van der Waals surface area contributed by atoms with Crippen LogP contribution in [-0.2, 0) is 38.2 Å². The summed E-state index contributed by atoms with van der Waals surface area (Å²) in [6.07, 6.45) is 10.4. The van der Waals surface area contributed by atoms with Crippen LogP contribution in [0.3, 0.4) is 0 Å². The maximum atomic E-state index is 12.2. The number of rotatable bonds is 20. The highest BCUT2D eigenvalue weighted by Gasteiger charge is 2.23. The van der Waals surface area contributed by atoms with Gasteiger partial charge in [-0.25, -0.2) is 9.59 Å². The summed E-state index contributed by atoms with van der Waals surface area (Å²) >= 11 is 5.49. The quantitative estimate of drug-likeness (QED) is 0.0641. The van der Waals surface area contributed by atoms with E-state index in [-0.39, 0.29) is 99.2 Å². The lowest BCUT2D eigenvalue weighted by Gasteiger charge is -2.25. The second-order valence-corrected chi connectivity index (χ2v) is 22.8. The third-order valence-electron chi connectivity index (χ3n) is 13.8. The van der Waals surface area contributed by atoms with Gasteiger partial charge in [0.05, 0.1) is 19.6 Å². The van der Waals surface area contributed by atoms with Crippen molar-refractivity contribution in [1.29, 1.82) is 0 Å². The van der Waals surface area contributed by atoms with Gasteiger partial charge in [-0.15, -0.1) is 36.4 Å². The Balaban J connectivity index is 0.000000562. The van der Waals surface area contributed by atoms with Crippen LogP contribution in [0.25, 0.3) is 0 Å². The first kappa shape index (κ1) is 74.2. The lowest BCUT2D eigenvalue weighted by atomic mass is 9.94. The normalized spacial score (nSPS) is 14.7. The minimum atomic E-state index is -0.707. The van der Waals surface area contributed by atoms with E-state index < -0.39 is 23.9 Å². The Morgan fingerprint density at radius 2 is 0.630 bits per heavy atom. The lowest BCUT2D eigenvalue weighted by Crippen LogP contribution is -2.36. The molecule has 3 heterocycles. The molecule has 3 aromatic rings. The van der Waals surface area contributed by atoms with Gasteiger partial charge in [-0.3, -0.25) is 33.9 Å². The fraction of sp³-hybridized carbons (Fsp3) is 0.619. The SMILES string of the molecule is CC(C)c1cccc(C(C)C)c1OC(=O)CCl.CC(C)c1cccc(C(C)C)c1OC(=O)COC(=O)CN1CCCCC1.CC(C)c1cccc(C(C)C)c1OC(=O)COC(=O)CN1CCCCC1.Cl.Cl.O=C(O)CN1CCCCC1. The van der Waals surface area contributed by atoms with Crippen LogP contribution < -0.4 is 14.2 Å². The highest BCUT2D eigenvalue weighted by molar-refractivity contribution is 6.26. The third-order valence-corrected chi connectivity index (χ3v) is 14.0. The maximum absolute atomic E-state index is 12.2. The number of piperidine rings is 3. The first-order chi connectivity index (χ1) is 37.5. The molecule has 3 aromatic carbocycles. The summed E-state index contributed by atoms with van der Waals surface area (Å²) in [4.78, 5) is 76.1. The Morgan fingerprint density at radius 3 is 0.852 bits per heavy atom. The van der Waals surface area contributed by atoms with E-state index in [9.17, 15) is 28.8 Å². The summed E-state index contributed by atoms with van der Waals surface area (Å²) < 4.78 is 26.8. The average molecular weight is 1190 g/mol. The molecule has 6 rings (SSSR count). The van der Waals surface area contributed by atoms with E-state index in [0.717, 1.165) is 111 Å². The number of esters is 5. The monoisotopic (exact) mass is 1190 g/mol. The minimum Gasteiger partial charge on any atom is -0.480 e. The molecule has 18 heteroatoms. The van der Waals surface area contributed by atoms with Crippen LogP contribution in [0.1, 0.15) is 210 Å². The van der Waals surface area contributed by atoms with Gasteiger partial charge in [-0.2, -0.15) is 0 Å². The van der Waals surface area contributed by atoms with Gasteiger partial charge in [0.2, 0.25) is 0 Å². The molecule has 0 unspecified atom stereocenters. The number of benzene rings is 3. The number of carboxylic acids is 1. The van der Waals surface area contributed by atoms with Crippen molar-refractivity contribution in [3.05, 3.63) is 88.0 Å². The van der Waals surface area contributed by atoms with Crippen molar-refractivity contribution in [1.82, 2.24) is 14.7 Å². The van der Waals surface area contributed by atoms with E-state index in [0.29, 0.717) is 29.1 Å². The molecule has 3 fully saturated rings. The summed E-state index contributed by atoms with van der Waals surface area (Å²) in [5.41, 5.74) is 6.06. The Labute approximate surface area is 501 Å². The molecule has 0 aliphatic carbocycles. The fourth-order valence-corrected chi connectivity index (χ4v) is 9.56. The van der Waals surface area contributed by atoms with E-state index >= 15 is 0 Å². The zero-order valence-corrected chi connectivity index (χ0v) is 52.9. The number of carbonyl (C=O) groups is 6. The highest BCUT2D eigenvalue weighted by atomic mass is 35.5. The van der Waals surface area contributed by atoms with Crippen molar-refractivity contribution in [3.63, 3.8) is 0 Å². The molecule has 0 atom stereocenters. The third kappa shape index (κ3) is 27.5. The number of likely N-dealkylation sites (tertiary alicyclic amines) is 3. The van der Waals surface area contributed by atoms with Crippen molar-refractivity contribution in [2.45, 2.75) is 176 Å². The van der Waals surface area contributed by atoms with Crippen LogP contribution in [0, 0.1) is 0 Å². The molecule has 0 aromatic heterocycles. The van der Waals surface area contributed by atoms with E-state index in [1.54, 1.807) is 0 Å². The van der Waals surface area contributed by atoms with Crippen molar-refractivity contribution >= 4 is 72.2 Å². The van der Waals surface area contributed by atoms with E-state index in [1.807, 2.05) is 59.5 Å². The van der Waals surface area contributed by atoms with Gasteiger partial charge < -0.3 is 28.8 Å². The number of ether oxygens (including phenoxy) is 5. The van der Waals surface area contributed by atoms with Crippen molar-refractivity contribution in [2.75, 3.05) is 78.0 Å². The minimum absolute atomic E-state index is 0. The number of alkyl halides is 1. The number of halogens is 3. The molecule has 0 bridgehead atoms. The smallest absolute Gasteiger partial charge is 0.349 e. The summed E-state index contributed by atoms with van der Waals surface area (Å²) in [7, 11) is 0. The van der Waals surface area contributed by atoms with Crippen LogP contribution in [0.4, 0.5) is 0 Å². The Hall–Kier alpha value is -4.77. The van der Waals surface area contributed by atoms with Crippen molar-refractivity contribution in [3.8, 4) is 17.2 Å². The second-order valence-electron chi connectivity index (χ2n) is 22.5. The molecular weight excluding hydrogens is 1100 g/mol. The predicted octanol–water partition coefficient (Wildman–Crippen LogP) is 13.2.